The van der Waals surface area contributed by atoms with Gasteiger partial charge in [0.05, 0.1) is 0 Å². The number of imide groups is 1. The molecule has 0 saturated carbocycles. The second kappa shape index (κ2) is 5.07. The van der Waals surface area contributed by atoms with Crippen LogP contribution in [0.1, 0.15) is 18.4 Å². The summed E-state index contributed by atoms with van der Waals surface area (Å²) in [6.45, 7) is 0.388. The third kappa shape index (κ3) is 2.79. The number of hydrogen-bond acceptors (Lipinski definition) is 2. The first-order valence-corrected chi connectivity index (χ1v) is 6.10. The standard InChI is InChI=1S/C12H11Cl2NO2/c13-9-2-1-8(10(14)7-9)5-6-15-11(16)3-4-12(15)17/h1-2,7H,3-6H2. The molecule has 1 aliphatic rings. The van der Waals surface area contributed by atoms with Gasteiger partial charge >= 0.3 is 0 Å². The number of benzene rings is 1. The van der Waals surface area contributed by atoms with Crippen molar-refractivity contribution in [1.82, 2.24) is 4.90 Å². The van der Waals surface area contributed by atoms with E-state index in [2.05, 4.69) is 0 Å². The van der Waals surface area contributed by atoms with E-state index in [9.17, 15) is 9.59 Å². The maximum atomic E-state index is 11.4. The van der Waals surface area contributed by atoms with Gasteiger partial charge in [-0.3, -0.25) is 14.5 Å². The Morgan fingerprint density at radius 3 is 2.35 bits per heavy atom. The Balaban J connectivity index is 2.02. The maximum absolute atomic E-state index is 11.4. The number of hydrogen-bond donors (Lipinski definition) is 0. The van der Waals surface area contributed by atoms with Gasteiger partial charge in [0.2, 0.25) is 11.8 Å². The minimum absolute atomic E-state index is 0.0971. The fourth-order valence-corrected chi connectivity index (χ4v) is 2.33. The Morgan fingerprint density at radius 2 is 1.76 bits per heavy atom. The zero-order valence-corrected chi connectivity index (χ0v) is 10.6. The van der Waals surface area contributed by atoms with Crippen LogP contribution in [0.25, 0.3) is 0 Å². The molecule has 0 aromatic heterocycles. The molecular weight excluding hydrogens is 261 g/mol. The maximum Gasteiger partial charge on any atom is 0.229 e. The van der Waals surface area contributed by atoms with Crippen molar-refractivity contribution in [3.63, 3.8) is 0 Å². The summed E-state index contributed by atoms with van der Waals surface area (Å²) < 4.78 is 0. The van der Waals surface area contributed by atoms with Crippen molar-refractivity contribution in [3.8, 4) is 0 Å². The molecule has 17 heavy (non-hydrogen) atoms. The fraction of sp³-hybridized carbons (Fsp3) is 0.333. The average Bonchev–Trinajstić information content (AvgIpc) is 2.58. The molecule has 5 heteroatoms. The first-order valence-electron chi connectivity index (χ1n) is 5.35. The molecule has 0 radical (unpaired) electrons. The van der Waals surface area contributed by atoms with Crippen molar-refractivity contribution < 1.29 is 9.59 Å². The zero-order chi connectivity index (χ0) is 12.4. The van der Waals surface area contributed by atoms with Crippen LogP contribution in [0, 0.1) is 0 Å². The van der Waals surface area contributed by atoms with Crippen LogP contribution in [-0.4, -0.2) is 23.3 Å². The van der Waals surface area contributed by atoms with E-state index < -0.39 is 0 Å². The summed E-state index contributed by atoms with van der Waals surface area (Å²) in [7, 11) is 0. The molecule has 0 N–H and O–H groups in total. The highest BCUT2D eigenvalue weighted by molar-refractivity contribution is 6.35. The number of nitrogens with zero attached hydrogens (tertiary/aromatic N) is 1. The van der Waals surface area contributed by atoms with E-state index in [4.69, 9.17) is 23.2 Å². The van der Waals surface area contributed by atoms with Gasteiger partial charge in [-0.05, 0) is 24.1 Å². The summed E-state index contributed by atoms with van der Waals surface area (Å²) in [5.41, 5.74) is 0.892. The van der Waals surface area contributed by atoms with E-state index in [0.717, 1.165) is 5.56 Å². The molecule has 1 aromatic rings. The Labute approximate surface area is 109 Å². The van der Waals surface area contributed by atoms with E-state index in [1.807, 2.05) is 6.07 Å². The summed E-state index contributed by atoms with van der Waals surface area (Å²) in [5, 5.41) is 1.14. The van der Waals surface area contributed by atoms with E-state index >= 15 is 0 Å². The Bertz CT molecular complexity index is 458. The van der Waals surface area contributed by atoms with Crippen molar-refractivity contribution in [2.24, 2.45) is 0 Å². The third-order valence-corrected chi connectivity index (χ3v) is 3.36. The van der Waals surface area contributed by atoms with Crippen LogP contribution in [-0.2, 0) is 16.0 Å². The third-order valence-electron chi connectivity index (χ3n) is 2.77. The number of rotatable bonds is 3. The van der Waals surface area contributed by atoms with E-state index in [1.165, 1.54) is 4.90 Å². The molecule has 0 spiro atoms. The lowest BCUT2D eigenvalue weighted by atomic mass is 10.1. The minimum atomic E-state index is -0.0971. The van der Waals surface area contributed by atoms with Gasteiger partial charge in [0.25, 0.3) is 0 Å². The van der Waals surface area contributed by atoms with Crippen LogP contribution in [0.3, 0.4) is 0 Å². The normalized spacial score (nSPS) is 15.8. The quantitative estimate of drug-likeness (QED) is 0.793. The summed E-state index contributed by atoms with van der Waals surface area (Å²) in [4.78, 5) is 24.1. The van der Waals surface area contributed by atoms with Crippen LogP contribution < -0.4 is 0 Å². The van der Waals surface area contributed by atoms with Gasteiger partial charge < -0.3 is 0 Å². The first-order chi connectivity index (χ1) is 8.08. The zero-order valence-electron chi connectivity index (χ0n) is 9.08. The van der Waals surface area contributed by atoms with Gasteiger partial charge in [-0.15, -0.1) is 0 Å². The van der Waals surface area contributed by atoms with Crippen molar-refractivity contribution in [1.29, 1.82) is 0 Å². The lowest BCUT2D eigenvalue weighted by molar-refractivity contribution is -0.138. The van der Waals surface area contributed by atoms with Crippen molar-refractivity contribution in [3.05, 3.63) is 33.8 Å². The van der Waals surface area contributed by atoms with E-state index in [1.54, 1.807) is 12.1 Å². The topological polar surface area (TPSA) is 37.4 Å². The van der Waals surface area contributed by atoms with Gasteiger partial charge in [0, 0.05) is 29.4 Å². The second-order valence-electron chi connectivity index (χ2n) is 3.92. The van der Waals surface area contributed by atoms with Gasteiger partial charge in [0.1, 0.15) is 0 Å². The molecule has 1 fully saturated rings. The summed E-state index contributed by atoms with van der Waals surface area (Å²) >= 11 is 11.8. The van der Waals surface area contributed by atoms with E-state index in [-0.39, 0.29) is 11.8 Å². The number of halogens is 2. The highest BCUT2D eigenvalue weighted by atomic mass is 35.5. The van der Waals surface area contributed by atoms with Crippen molar-refractivity contribution >= 4 is 35.0 Å². The largest absolute Gasteiger partial charge is 0.282 e. The van der Waals surface area contributed by atoms with Crippen LogP contribution in [0.4, 0.5) is 0 Å². The number of carbonyl (C=O) groups is 2. The van der Waals surface area contributed by atoms with E-state index in [0.29, 0.717) is 35.9 Å². The number of amides is 2. The Kier molecular flexibility index (Phi) is 3.69. The molecule has 0 aliphatic carbocycles. The molecular formula is C12H11Cl2NO2. The van der Waals surface area contributed by atoms with Crippen molar-refractivity contribution in [2.75, 3.05) is 6.54 Å². The molecule has 2 rings (SSSR count). The summed E-state index contributed by atoms with van der Waals surface area (Å²) in [6.07, 6.45) is 1.22. The molecule has 0 atom stereocenters. The number of carbonyl (C=O) groups excluding carboxylic acids is 2. The van der Waals surface area contributed by atoms with Gasteiger partial charge in [-0.25, -0.2) is 0 Å². The molecule has 1 aliphatic heterocycles. The smallest absolute Gasteiger partial charge is 0.229 e. The molecule has 1 aromatic carbocycles. The van der Waals surface area contributed by atoms with Crippen LogP contribution in [0.15, 0.2) is 18.2 Å². The SMILES string of the molecule is O=C1CCC(=O)N1CCc1ccc(Cl)cc1Cl. The summed E-state index contributed by atoms with van der Waals surface area (Å²) in [5.74, 6) is -0.194. The minimum Gasteiger partial charge on any atom is -0.282 e. The molecule has 90 valence electrons. The molecule has 1 saturated heterocycles. The average molecular weight is 272 g/mol. The van der Waals surface area contributed by atoms with Gasteiger partial charge in [-0.2, -0.15) is 0 Å². The first kappa shape index (κ1) is 12.4. The second-order valence-corrected chi connectivity index (χ2v) is 4.77. The van der Waals surface area contributed by atoms with Crippen LogP contribution in [0.2, 0.25) is 10.0 Å². The lowest BCUT2D eigenvalue weighted by Crippen LogP contribution is -2.31. The van der Waals surface area contributed by atoms with Gasteiger partial charge in [0.15, 0.2) is 0 Å². The number of likely N-dealkylation sites (tertiary alicyclic amines) is 1. The van der Waals surface area contributed by atoms with Crippen LogP contribution in [0.5, 0.6) is 0 Å². The highest BCUT2D eigenvalue weighted by Crippen LogP contribution is 2.22. The van der Waals surface area contributed by atoms with Gasteiger partial charge in [-0.1, -0.05) is 29.3 Å². The molecule has 0 bridgehead atoms. The molecule has 3 nitrogen and oxygen atoms in total. The Morgan fingerprint density at radius 1 is 1.12 bits per heavy atom. The molecule has 1 heterocycles. The van der Waals surface area contributed by atoms with Crippen molar-refractivity contribution in [2.45, 2.75) is 19.3 Å². The highest BCUT2D eigenvalue weighted by Gasteiger charge is 2.28. The molecule has 0 unspecified atom stereocenters. The monoisotopic (exact) mass is 271 g/mol. The predicted octanol–water partition coefficient (Wildman–Crippen LogP) is 2.68. The Hall–Kier alpha value is -1.06. The molecule has 2 amide bonds. The lowest BCUT2D eigenvalue weighted by Gasteiger charge is -2.14. The fourth-order valence-electron chi connectivity index (χ4n) is 1.83. The predicted molar refractivity (Wildman–Crippen MR) is 66.1 cm³/mol. The summed E-state index contributed by atoms with van der Waals surface area (Å²) in [6, 6.07) is 5.22. The van der Waals surface area contributed by atoms with Crippen LogP contribution >= 0.6 is 23.2 Å².